The van der Waals surface area contributed by atoms with Crippen molar-refractivity contribution in [3.8, 4) is 16.8 Å². The molecule has 1 aliphatic heterocycles. The average Bonchev–Trinajstić information content (AvgIpc) is 3.73. The van der Waals surface area contributed by atoms with Crippen molar-refractivity contribution in [3.63, 3.8) is 0 Å². The SMILES string of the molecule is COC(=O)Nc1ccc(-c2cc(C(CC(=O)N3CC[C@@H](O)C3)NC(=O)/C=C/c3cc(Cl)ccc3-n3cnnn3)nnc2Cl)cc1. The number of carbonyl (C=O) groups excluding carboxylic acids is 3. The van der Waals surface area contributed by atoms with E-state index in [1.54, 1.807) is 59.5 Å². The van der Waals surface area contributed by atoms with Crippen molar-refractivity contribution in [2.75, 3.05) is 25.5 Å². The summed E-state index contributed by atoms with van der Waals surface area (Å²) in [6.07, 6.45) is 3.38. The van der Waals surface area contributed by atoms with Gasteiger partial charge in [0.25, 0.3) is 0 Å². The third-order valence-corrected chi connectivity index (χ3v) is 7.48. The highest BCUT2D eigenvalue weighted by atomic mass is 35.5. The van der Waals surface area contributed by atoms with Crippen LogP contribution in [0, 0.1) is 0 Å². The molecule has 0 radical (unpaired) electrons. The van der Waals surface area contributed by atoms with Crippen molar-refractivity contribution in [1.29, 1.82) is 0 Å². The number of ether oxygens (including phenoxy) is 1. The van der Waals surface area contributed by atoms with Crippen LogP contribution in [-0.2, 0) is 14.3 Å². The highest BCUT2D eigenvalue weighted by Crippen LogP contribution is 2.30. The number of anilines is 1. The number of rotatable bonds is 9. The topological polar surface area (TPSA) is 177 Å². The summed E-state index contributed by atoms with van der Waals surface area (Å²) >= 11 is 12.6. The first-order chi connectivity index (χ1) is 21.7. The van der Waals surface area contributed by atoms with Gasteiger partial charge in [-0.1, -0.05) is 35.3 Å². The fourth-order valence-corrected chi connectivity index (χ4v) is 5.07. The molecule has 4 aromatic rings. The lowest BCUT2D eigenvalue weighted by Crippen LogP contribution is -2.35. The van der Waals surface area contributed by atoms with E-state index in [1.807, 2.05) is 0 Å². The Balaban J connectivity index is 1.41. The zero-order valence-electron chi connectivity index (χ0n) is 23.8. The predicted octanol–water partition coefficient (Wildman–Crippen LogP) is 3.46. The Kier molecular flexibility index (Phi) is 9.97. The number of carbonyl (C=O) groups is 3. The molecule has 0 saturated carbocycles. The Morgan fingerprint density at radius 2 is 1.93 bits per heavy atom. The number of hydrogen-bond acceptors (Lipinski definition) is 10. The maximum Gasteiger partial charge on any atom is 0.411 e. The van der Waals surface area contributed by atoms with Crippen molar-refractivity contribution in [3.05, 3.63) is 82.4 Å². The van der Waals surface area contributed by atoms with E-state index in [2.05, 4.69) is 41.1 Å². The van der Waals surface area contributed by atoms with Crippen LogP contribution in [-0.4, -0.2) is 84.6 Å². The molecule has 2 aromatic heterocycles. The molecule has 5 rings (SSSR count). The number of amides is 3. The fourth-order valence-electron chi connectivity index (χ4n) is 4.69. The zero-order chi connectivity index (χ0) is 31.9. The second kappa shape index (κ2) is 14.2. The van der Waals surface area contributed by atoms with Crippen molar-refractivity contribution < 1.29 is 24.2 Å². The molecule has 3 N–H and O–H groups in total. The summed E-state index contributed by atoms with van der Waals surface area (Å²) < 4.78 is 6.05. The minimum atomic E-state index is -0.894. The van der Waals surface area contributed by atoms with Crippen LogP contribution in [0.1, 0.15) is 30.1 Å². The molecule has 16 heteroatoms. The van der Waals surface area contributed by atoms with Gasteiger partial charge in [0.05, 0.1) is 37.1 Å². The summed E-state index contributed by atoms with van der Waals surface area (Å²) in [5, 5.41) is 35.4. The first-order valence-electron chi connectivity index (χ1n) is 13.7. The standard InChI is InChI=1S/C29H27Cl2N9O5/c1-45-29(44)33-20-6-2-17(3-7-20)22-13-24(35-36-28(22)31)23(14-27(43)39-11-10-21(41)15-39)34-26(42)9-4-18-12-19(30)5-8-25(18)40-16-32-37-38-40/h2-9,12-13,16,21,23,41H,10-11,14-15H2,1H3,(H,33,44)(H,34,42)/b9-4+/t21-,23?/m1/s1. The fraction of sp³-hybridized carbons (Fsp3) is 0.241. The van der Waals surface area contributed by atoms with Gasteiger partial charge in [-0.15, -0.1) is 10.2 Å². The number of halogens is 2. The Hall–Kier alpha value is -4.92. The molecular formula is C29H27Cl2N9O5. The van der Waals surface area contributed by atoms with E-state index in [1.165, 1.54) is 24.2 Å². The van der Waals surface area contributed by atoms with Gasteiger partial charge >= 0.3 is 6.09 Å². The monoisotopic (exact) mass is 651 g/mol. The normalized spacial score (nSPS) is 15.2. The van der Waals surface area contributed by atoms with Crippen LogP contribution in [0.4, 0.5) is 10.5 Å². The molecule has 1 saturated heterocycles. The van der Waals surface area contributed by atoms with Crippen LogP contribution in [0.5, 0.6) is 0 Å². The molecule has 2 aromatic carbocycles. The lowest BCUT2D eigenvalue weighted by atomic mass is 10.0. The molecule has 14 nitrogen and oxygen atoms in total. The number of nitrogens with one attached hydrogen (secondary N) is 2. The number of aliphatic hydroxyl groups is 1. The molecule has 0 aliphatic carbocycles. The Labute approximate surface area is 267 Å². The van der Waals surface area contributed by atoms with Gasteiger partial charge < -0.3 is 20.1 Å². The van der Waals surface area contributed by atoms with E-state index in [0.717, 1.165) is 0 Å². The molecule has 0 bridgehead atoms. The molecular weight excluding hydrogens is 625 g/mol. The maximum atomic E-state index is 13.2. The summed E-state index contributed by atoms with van der Waals surface area (Å²) in [4.78, 5) is 39.5. The zero-order valence-corrected chi connectivity index (χ0v) is 25.3. The third-order valence-electron chi connectivity index (χ3n) is 6.96. The van der Waals surface area contributed by atoms with Gasteiger partial charge in [-0.3, -0.25) is 14.9 Å². The number of β-amino-alcohol motifs (C(OH)–C–C–N with tert-alkyl or cyclic N) is 1. The second-order valence-corrected chi connectivity index (χ2v) is 10.8. The van der Waals surface area contributed by atoms with Gasteiger partial charge in [-0.25, -0.2) is 4.79 Å². The third kappa shape index (κ3) is 7.98. The van der Waals surface area contributed by atoms with Crippen LogP contribution in [0.15, 0.2) is 60.9 Å². The summed E-state index contributed by atoms with van der Waals surface area (Å²) in [5.41, 5.74) is 3.10. The number of hydrogen-bond donors (Lipinski definition) is 3. The largest absolute Gasteiger partial charge is 0.453 e. The molecule has 1 unspecified atom stereocenters. The van der Waals surface area contributed by atoms with Crippen molar-refractivity contribution in [2.24, 2.45) is 0 Å². The van der Waals surface area contributed by atoms with Crippen molar-refractivity contribution in [1.82, 2.24) is 40.6 Å². The first-order valence-corrected chi connectivity index (χ1v) is 14.4. The van der Waals surface area contributed by atoms with Crippen LogP contribution < -0.4 is 10.6 Å². The number of methoxy groups -OCH3 is 1. The van der Waals surface area contributed by atoms with Crippen LogP contribution in [0.2, 0.25) is 10.2 Å². The molecule has 2 atom stereocenters. The van der Waals surface area contributed by atoms with E-state index in [4.69, 9.17) is 23.2 Å². The quantitative estimate of drug-likeness (QED) is 0.227. The highest BCUT2D eigenvalue weighted by molar-refractivity contribution is 6.32. The van der Waals surface area contributed by atoms with Crippen LogP contribution in [0.25, 0.3) is 22.9 Å². The maximum absolute atomic E-state index is 13.2. The van der Waals surface area contributed by atoms with E-state index < -0.39 is 24.1 Å². The highest BCUT2D eigenvalue weighted by Gasteiger charge is 2.28. The van der Waals surface area contributed by atoms with Crippen LogP contribution in [0.3, 0.4) is 0 Å². The van der Waals surface area contributed by atoms with E-state index >= 15 is 0 Å². The first kappa shape index (κ1) is 31.5. The van der Waals surface area contributed by atoms with Crippen LogP contribution >= 0.6 is 23.2 Å². The number of aliphatic hydroxyl groups excluding tert-OH is 1. The minimum absolute atomic E-state index is 0.0995. The summed E-state index contributed by atoms with van der Waals surface area (Å²) in [6, 6.07) is 12.6. The summed E-state index contributed by atoms with van der Waals surface area (Å²) in [6.45, 7) is 0.607. The van der Waals surface area contributed by atoms with E-state index in [9.17, 15) is 19.5 Å². The molecule has 3 amide bonds. The number of nitrogens with zero attached hydrogens (tertiary/aromatic N) is 7. The smallest absolute Gasteiger partial charge is 0.411 e. The predicted molar refractivity (Wildman–Crippen MR) is 164 cm³/mol. The summed E-state index contributed by atoms with van der Waals surface area (Å²) in [7, 11) is 1.26. The molecule has 45 heavy (non-hydrogen) atoms. The number of benzene rings is 2. The van der Waals surface area contributed by atoms with E-state index in [-0.39, 0.29) is 29.7 Å². The molecule has 1 fully saturated rings. The number of aromatic nitrogens is 6. The van der Waals surface area contributed by atoms with Gasteiger partial charge in [0, 0.05) is 41.0 Å². The van der Waals surface area contributed by atoms with Gasteiger partial charge in [0.2, 0.25) is 11.8 Å². The molecule has 232 valence electrons. The Morgan fingerprint density at radius 1 is 1.13 bits per heavy atom. The average molecular weight is 652 g/mol. The van der Waals surface area contributed by atoms with E-state index in [0.29, 0.717) is 46.1 Å². The van der Waals surface area contributed by atoms with Gasteiger partial charge in [0.1, 0.15) is 6.33 Å². The van der Waals surface area contributed by atoms with Gasteiger partial charge in [0.15, 0.2) is 5.15 Å². The van der Waals surface area contributed by atoms with Gasteiger partial charge in [-0.2, -0.15) is 9.78 Å². The lowest BCUT2D eigenvalue weighted by molar-refractivity contribution is -0.131. The van der Waals surface area contributed by atoms with Crippen molar-refractivity contribution in [2.45, 2.75) is 25.0 Å². The Bertz CT molecular complexity index is 1720. The molecule has 0 spiro atoms. The van der Waals surface area contributed by atoms with Crippen molar-refractivity contribution >= 4 is 52.9 Å². The van der Waals surface area contributed by atoms with Gasteiger partial charge in [-0.05, 0) is 64.9 Å². The number of tetrazole rings is 1. The molecule has 1 aliphatic rings. The lowest BCUT2D eigenvalue weighted by Gasteiger charge is -2.22. The molecule has 3 heterocycles. The second-order valence-electron chi connectivity index (χ2n) is 10.0. The Morgan fingerprint density at radius 3 is 2.62 bits per heavy atom. The minimum Gasteiger partial charge on any atom is -0.453 e. The summed E-state index contributed by atoms with van der Waals surface area (Å²) in [5.74, 6) is -0.790. The number of likely N-dealkylation sites (tertiary alicyclic amines) is 1.